The van der Waals surface area contributed by atoms with Crippen LogP contribution in [0.3, 0.4) is 0 Å². The molecule has 0 radical (unpaired) electrons. The fraction of sp³-hybridized carbons (Fsp3) is 0.267. The molecule has 1 aromatic carbocycles. The summed E-state index contributed by atoms with van der Waals surface area (Å²) in [5.41, 5.74) is 0.821. The van der Waals surface area contributed by atoms with Crippen LogP contribution < -0.4 is 5.32 Å². The van der Waals surface area contributed by atoms with Gasteiger partial charge < -0.3 is 14.8 Å². The predicted molar refractivity (Wildman–Crippen MR) is 72.0 cm³/mol. The van der Waals surface area contributed by atoms with Gasteiger partial charge in [0.2, 0.25) is 5.76 Å². The molecule has 1 heterocycles. The Hall–Kier alpha value is -2.14. The van der Waals surface area contributed by atoms with Crippen LogP contribution in [0.25, 0.3) is 0 Å². The number of hydrogen-bond acceptors (Lipinski definition) is 3. The number of furan rings is 1. The van der Waals surface area contributed by atoms with E-state index in [1.54, 1.807) is 12.1 Å². The van der Waals surface area contributed by atoms with E-state index in [2.05, 4.69) is 5.32 Å². The van der Waals surface area contributed by atoms with Crippen LogP contribution in [0.1, 0.15) is 47.8 Å². The second kappa shape index (κ2) is 5.88. The van der Waals surface area contributed by atoms with Crippen molar-refractivity contribution in [2.24, 2.45) is 0 Å². The third kappa shape index (κ3) is 3.24. The van der Waals surface area contributed by atoms with Crippen molar-refractivity contribution in [2.45, 2.75) is 25.9 Å². The lowest BCUT2D eigenvalue weighted by molar-refractivity contribution is 0.0659. The largest absolute Gasteiger partial charge is 0.475 e. The highest BCUT2D eigenvalue weighted by Crippen LogP contribution is 2.21. The average Bonchev–Trinajstić information content (AvgIpc) is 2.88. The number of benzene rings is 1. The number of hydrogen-bond donors (Lipinski definition) is 2. The van der Waals surface area contributed by atoms with Crippen molar-refractivity contribution in [1.29, 1.82) is 0 Å². The molecule has 5 heteroatoms. The highest BCUT2D eigenvalue weighted by Gasteiger charge is 2.16. The van der Waals surface area contributed by atoms with Crippen LogP contribution in [0.4, 0.5) is 4.39 Å². The summed E-state index contributed by atoms with van der Waals surface area (Å²) in [6.07, 6.45) is 0. The van der Waals surface area contributed by atoms with Crippen molar-refractivity contribution in [3.63, 3.8) is 0 Å². The molecule has 106 valence electrons. The Kier molecular flexibility index (Phi) is 4.20. The van der Waals surface area contributed by atoms with Gasteiger partial charge in [0, 0.05) is 6.04 Å². The van der Waals surface area contributed by atoms with Gasteiger partial charge in [0.25, 0.3) is 0 Å². The Morgan fingerprint density at radius 1 is 1.25 bits per heavy atom. The molecule has 0 aliphatic heterocycles. The van der Waals surface area contributed by atoms with Crippen LogP contribution >= 0.6 is 0 Å². The molecule has 0 spiro atoms. The van der Waals surface area contributed by atoms with Gasteiger partial charge in [-0.2, -0.15) is 0 Å². The summed E-state index contributed by atoms with van der Waals surface area (Å²) >= 11 is 0. The van der Waals surface area contributed by atoms with Gasteiger partial charge in [-0.05, 0) is 43.7 Å². The van der Waals surface area contributed by atoms with Crippen molar-refractivity contribution in [2.75, 3.05) is 0 Å². The highest BCUT2D eigenvalue weighted by atomic mass is 19.1. The zero-order chi connectivity index (χ0) is 14.7. The Balaban J connectivity index is 2.06. The van der Waals surface area contributed by atoms with E-state index >= 15 is 0 Å². The number of carboxylic acids is 1. The minimum atomic E-state index is -1.10. The Bertz CT molecular complexity index is 609. The zero-order valence-electron chi connectivity index (χ0n) is 11.3. The topological polar surface area (TPSA) is 62.5 Å². The number of rotatable bonds is 5. The number of halogens is 1. The summed E-state index contributed by atoms with van der Waals surface area (Å²) in [7, 11) is 0. The van der Waals surface area contributed by atoms with Crippen LogP contribution in [-0.2, 0) is 0 Å². The number of nitrogens with one attached hydrogen (secondary N) is 1. The lowest BCUT2D eigenvalue weighted by Gasteiger charge is -2.19. The second-order valence-corrected chi connectivity index (χ2v) is 4.67. The summed E-state index contributed by atoms with van der Waals surface area (Å²) in [5.74, 6) is -0.936. The lowest BCUT2D eigenvalue weighted by atomic mass is 10.1. The van der Waals surface area contributed by atoms with Gasteiger partial charge in [-0.1, -0.05) is 12.1 Å². The standard InChI is InChI=1S/C15H16FNO3/c1-9(11-4-3-5-12(16)8-11)17-10(2)13-6-7-14(20-13)15(18)19/h3-10,17H,1-2H3,(H,18,19)/t9-,10?/m1/s1. The number of aromatic carboxylic acids is 1. The molecule has 2 N–H and O–H groups in total. The fourth-order valence-electron chi connectivity index (χ4n) is 2.03. The minimum absolute atomic E-state index is 0.0842. The van der Waals surface area contributed by atoms with Crippen LogP contribution in [0.5, 0.6) is 0 Å². The summed E-state index contributed by atoms with van der Waals surface area (Å²) in [6, 6.07) is 9.13. The van der Waals surface area contributed by atoms with Gasteiger partial charge in [0.1, 0.15) is 11.6 Å². The Morgan fingerprint density at radius 3 is 2.60 bits per heavy atom. The Labute approximate surface area is 116 Å². The summed E-state index contributed by atoms with van der Waals surface area (Å²) in [5, 5.41) is 12.1. The molecule has 0 saturated heterocycles. The lowest BCUT2D eigenvalue weighted by Crippen LogP contribution is -2.22. The van der Waals surface area contributed by atoms with Gasteiger partial charge in [-0.15, -0.1) is 0 Å². The van der Waals surface area contributed by atoms with E-state index in [1.807, 2.05) is 19.9 Å². The first kappa shape index (κ1) is 14.3. The molecule has 1 aromatic heterocycles. The maximum absolute atomic E-state index is 13.2. The third-order valence-electron chi connectivity index (χ3n) is 3.11. The van der Waals surface area contributed by atoms with E-state index in [1.165, 1.54) is 18.2 Å². The molecule has 2 atom stereocenters. The molecule has 0 fully saturated rings. The van der Waals surface area contributed by atoms with E-state index in [-0.39, 0.29) is 23.7 Å². The predicted octanol–water partition coefficient (Wildman–Crippen LogP) is 3.53. The molecule has 1 unspecified atom stereocenters. The van der Waals surface area contributed by atoms with Crippen LogP contribution in [-0.4, -0.2) is 11.1 Å². The van der Waals surface area contributed by atoms with Crippen molar-refractivity contribution >= 4 is 5.97 Å². The molecule has 0 saturated carbocycles. The van der Waals surface area contributed by atoms with Crippen molar-refractivity contribution in [3.8, 4) is 0 Å². The maximum Gasteiger partial charge on any atom is 0.371 e. The number of carboxylic acid groups (broad SMARTS) is 1. The smallest absolute Gasteiger partial charge is 0.371 e. The van der Waals surface area contributed by atoms with E-state index in [0.29, 0.717) is 5.76 Å². The average molecular weight is 277 g/mol. The molecule has 0 amide bonds. The third-order valence-corrected chi connectivity index (χ3v) is 3.11. The van der Waals surface area contributed by atoms with Gasteiger partial charge in [-0.3, -0.25) is 0 Å². The quantitative estimate of drug-likeness (QED) is 0.877. The highest BCUT2D eigenvalue weighted by molar-refractivity contribution is 5.84. The first-order valence-electron chi connectivity index (χ1n) is 6.32. The molecule has 0 bridgehead atoms. The molecule has 2 rings (SSSR count). The van der Waals surface area contributed by atoms with E-state index < -0.39 is 5.97 Å². The minimum Gasteiger partial charge on any atom is -0.475 e. The molecular weight excluding hydrogens is 261 g/mol. The van der Waals surface area contributed by atoms with Crippen LogP contribution in [0.15, 0.2) is 40.8 Å². The normalized spacial score (nSPS) is 13.9. The number of carbonyl (C=O) groups is 1. The van der Waals surface area contributed by atoms with Gasteiger partial charge in [-0.25, -0.2) is 9.18 Å². The van der Waals surface area contributed by atoms with Gasteiger partial charge in [0.05, 0.1) is 6.04 Å². The van der Waals surface area contributed by atoms with E-state index in [0.717, 1.165) is 5.56 Å². The monoisotopic (exact) mass is 277 g/mol. The first-order valence-corrected chi connectivity index (χ1v) is 6.32. The van der Waals surface area contributed by atoms with Gasteiger partial charge >= 0.3 is 5.97 Å². The zero-order valence-corrected chi connectivity index (χ0v) is 11.3. The van der Waals surface area contributed by atoms with E-state index in [9.17, 15) is 9.18 Å². The van der Waals surface area contributed by atoms with Crippen molar-refractivity contribution < 1.29 is 18.7 Å². The van der Waals surface area contributed by atoms with Gasteiger partial charge in [0.15, 0.2) is 0 Å². The molecule has 2 aromatic rings. The first-order chi connectivity index (χ1) is 9.47. The second-order valence-electron chi connectivity index (χ2n) is 4.67. The molecule has 0 aliphatic rings. The van der Waals surface area contributed by atoms with Crippen molar-refractivity contribution in [1.82, 2.24) is 5.32 Å². The SMILES string of the molecule is CC(N[C@H](C)c1cccc(F)c1)c1ccc(C(=O)O)o1. The molecule has 0 aliphatic carbocycles. The van der Waals surface area contributed by atoms with Crippen LogP contribution in [0.2, 0.25) is 0 Å². The van der Waals surface area contributed by atoms with E-state index in [4.69, 9.17) is 9.52 Å². The molecule has 4 nitrogen and oxygen atoms in total. The van der Waals surface area contributed by atoms with Crippen LogP contribution in [0, 0.1) is 5.82 Å². The molecule has 20 heavy (non-hydrogen) atoms. The summed E-state index contributed by atoms with van der Waals surface area (Å²) in [4.78, 5) is 10.8. The summed E-state index contributed by atoms with van der Waals surface area (Å²) in [6.45, 7) is 3.77. The Morgan fingerprint density at radius 2 is 2.00 bits per heavy atom. The maximum atomic E-state index is 13.2. The molecular formula is C15H16FNO3. The fourth-order valence-corrected chi connectivity index (χ4v) is 2.03. The van der Waals surface area contributed by atoms with Crippen molar-refractivity contribution in [3.05, 3.63) is 59.3 Å². The summed E-state index contributed by atoms with van der Waals surface area (Å²) < 4.78 is 18.4.